The number of amides is 1. The van der Waals surface area contributed by atoms with Crippen LogP contribution in [0.2, 0.25) is 0 Å². The number of hydrogen-bond donors (Lipinski definition) is 2. The van der Waals surface area contributed by atoms with Crippen LogP contribution >= 0.6 is 0 Å². The summed E-state index contributed by atoms with van der Waals surface area (Å²) in [4.78, 5) is 11.3. The highest BCUT2D eigenvalue weighted by Gasteiger charge is 2.40. The van der Waals surface area contributed by atoms with Crippen molar-refractivity contribution in [2.24, 2.45) is 0 Å². The number of nitrogens with one attached hydrogen (secondary N) is 1. The molecule has 0 saturated heterocycles. The first-order valence-corrected chi connectivity index (χ1v) is 12.4. The van der Waals surface area contributed by atoms with Crippen molar-refractivity contribution in [1.82, 2.24) is 5.32 Å². The Balaban J connectivity index is 1.73. The fourth-order valence-electron chi connectivity index (χ4n) is 4.94. The number of hydrogen-bond acceptors (Lipinski definition) is 3. The van der Waals surface area contributed by atoms with Gasteiger partial charge in [-0.2, -0.15) is 26.3 Å². The summed E-state index contributed by atoms with van der Waals surface area (Å²) >= 11 is 0. The van der Waals surface area contributed by atoms with E-state index >= 15 is 0 Å². The standard InChI is InChI=1S/C28H25F7N2O3/c1-15(18-11-19(27(30,31)32)13-20(12-18)28(33,34)35)40-25-10-9-24-23(26(25)17-3-5-21(29)6-4-17)8-7-22(37(24)39)14-36-16(2)38/h3-8,11-13,15,25-26H,9-10,14H2,1-2H3,(H-,36,38,39)/p+1/t15-,25+,26+/m1/s1. The van der Waals surface area contributed by atoms with Crippen molar-refractivity contribution in [3.8, 4) is 0 Å². The third kappa shape index (κ3) is 6.38. The van der Waals surface area contributed by atoms with Gasteiger partial charge in [0.15, 0.2) is 0 Å². The first-order chi connectivity index (χ1) is 18.6. The van der Waals surface area contributed by atoms with E-state index in [1.807, 2.05) is 0 Å². The lowest BCUT2D eigenvalue weighted by atomic mass is 9.78. The van der Waals surface area contributed by atoms with Crippen LogP contribution in [0.5, 0.6) is 0 Å². The second-order valence-electron chi connectivity index (χ2n) is 9.67. The van der Waals surface area contributed by atoms with E-state index in [0.29, 0.717) is 34.6 Å². The van der Waals surface area contributed by atoms with E-state index in [4.69, 9.17) is 4.74 Å². The molecule has 5 nitrogen and oxygen atoms in total. The Morgan fingerprint density at radius 1 is 1.02 bits per heavy atom. The molecule has 1 aromatic heterocycles. The number of ether oxygens (including phenoxy) is 1. The zero-order valence-electron chi connectivity index (χ0n) is 21.4. The average molecular weight is 572 g/mol. The molecule has 12 heteroatoms. The molecule has 3 atom stereocenters. The number of halogens is 7. The lowest BCUT2D eigenvalue weighted by molar-refractivity contribution is -0.915. The zero-order chi connectivity index (χ0) is 29.4. The van der Waals surface area contributed by atoms with E-state index in [1.54, 1.807) is 12.1 Å². The number of carbonyl (C=O) groups excluding carboxylic acids is 1. The van der Waals surface area contributed by atoms with Crippen LogP contribution < -0.4 is 10.0 Å². The molecule has 3 aromatic rings. The highest BCUT2D eigenvalue weighted by Crippen LogP contribution is 2.42. The molecule has 0 spiro atoms. The minimum atomic E-state index is -5.00. The van der Waals surface area contributed by atoms with Gasteiger partial charge in [0, 0.05) is 35.6 Å². The van der Waals surface area contributed by atoms with Crippen LogP contribution in [-0.4, -0.2) is 17.2 Å². The minimum Gasteiger partial charge on any atom is -0.370 e. The molecular formula is C28H26F7N2O3+. The van der Waals surface area contributed by atoms with Gasteiger partial charge in [0.05, 0.1) is 23.3 Å². The number of carbonyl (C=O) groups is 1. The van der Waals surface area contributed by atoms with Crippen LogP contribution in [0, 0.1) is 5.82 Å². The third-order valence-corrected chi connectivity index (χ3v) is 6.89. The smallest absolute Gasteiger partial charge is 0.370 e. The number of aromatic nitrogens is 1. The summed E-state index contributed by atoms with van der Waals surface area (Å²) in [6.45, 7) is 2.75. The highest BCUT2D eigenvalue weighted by atomic mass is 19.4. The van der Waals surface area contributed by atoms with Crippen molar-refractivity contribution in [2.75, 3.05) is 0 Å². The van der Waals surface area contributed by atoms with Crippen LogP contribution in [0.15, 0.2) is 54.6 Å². The first-order valence-electron chi connectivity index (χ1n) is 12.4. The van der Waals surface area contributed by atoms with Crippen LogP contribution in [0.1, 0.15) is 71.5 Å². The van der Waals surface area contributed by atoms with Gasteiger partial charge >= 0.3 is 12.4 Å². The van der Waals surface area contributed by atoms with Crippen molar-refractivity contribution < 1.29 is 50.2 Å². The molecule has 1 amide bonds. The molecule has 0 radical (unpaired) electrons. The maximum Gasteiger partial charge on any atom is 0.416 e. The van der Waals surface area contributed by atoms with Crippen LogP contribution in [0.4, 0.5) is 30.7 Å². The third-order valence-electron chi connectivity index (χ3n) is 6.89. The van der Waals surface area contributed by atoms with Gasteiger partial charge in [-0.1, -0.05) is 12.1 Å². The van der Waals surface area contributed by atoms with Crippen LogP contribution in [0.3, 0.4) is 0 Å². The molecule has 2 N–H and O–H groups in total. The molecule has 1 aliphatic rings. The summed E-state index contributed by atoms with van der Waals surface area (Å²) in [5.74, 6) is -1.43. The molecular weight excluding hydrogens is 545 g/mol. The molecule has 2 aromatic carbocycles. The van der Waals surface area contributed by atoms with Crippen molar-refractivity contribution in [3.63, 3.8) is 0 Å². The van der Waals surface area contributed by atoms with Crippen molar-refractivity contribution in [3.05, 3.63) is 99.6 Å². The Morgan fingerprint density at radius 2 is 1.62 bits per heavy atom. The fraction of sp³-hybridized carbons (Fsp3) is 0.357. The maximum absolute atomic E-state index is 13.7. The van der Waals surface area contributed by atoms with Gasteiger partial charge in [-0.15, -0.1) is 0 Å². The van der Waals surface area contributed by atoms with Gasteiger partial charge in [0.1, 0.15) is 12.4 Å². The number of benzene rings is 2. The second kappa shape index (κ2) is 11.1. The maximum atomic E-state index is 13.7. The Labute approximate surface area is 225 Å². The van der Waals surface area contributed by atoms with Crippen LogP contribution in [0.25, 0.3) is 0 Å². The molecule has 0 fully saturated rings. The van der Waals surface area contributed by atoms with Crippen LogP contribution in [-0.2, 0) is 34.8 Å². The van der Waals surface area contributed by atoms with Gasteiger partial charge in [-0.3, -0.25) is 10.0 Å². The van der Waals surface area contributed by atoms with E-state index < -0.39 is 47.4 Å². The number of rotatable bonds is 6. The molecule has 0 saturated carbocycles. The van der Waals surface area contributed by atoms with Crippen molar-refractivity contribution in [1.29, 1.82) is 0 Å². The monoisotopic (exact) mass is 571 g/mol. The van der Waals surface area contributed by atoms with Gasteiger partial charge < -0.3 is 10.1 Å². The predicted octanol–water partition coefficient (Wildman–Crippen LogP) is 6.25. The average Bonchev–Trinajstić information content (AvgIpc) is 2.87. The Kier molecular flexibility index (Phi) is 8.11. The predicted molar refractivity (Wildman–Crippen MR) is 128 cm³/mol. The lowest BCUT2D eigenvalue weighted by Crippen LogP contribution is -2.46. The van der Waals surface area contributed by atoms with Gasteiger partial charge in [0.25, 0.3) is 5.69 Å². The van der Waals surface area contributed by atoms with Gasteiger partial charge in [-0.05, 0) is 60.9 Å². The number of nitrogens with zero attached hydrogens (tertiary/aromatic N) is 1. The fourth-order valence-corrected chi connectivity index (χ4v) is 4.94. The van der Waals surface area contributed by atoms with Gasteiger partial charge in [-0.25, -0.2) is 4.39 Å². The topological polar surface area (TPSA) is 62.4 Å². The molecule has 0 aliphatic heterocycles. The summed E-state index contributed by atoms with van der Waals surface area (Å²) in [6.07, 6.45) is -11.4. The summed E-state index contributed by atoms with van der Waals surface area (Å²) < 4.78 is 101. The molecule has 0 bridgehead atoms. The lowest BCUT2D eigenvalue weighted by Gasteiger charge is -2.34. The van der Waals surface area contributed by atoms with Gasteiger partial charge in [0.2, 0.25) is 11.6 Å². The SMILES string of the molecule is CC(=O)NCc1ccc2c([n+]1O)CC[C@H](O[C@H](C)c1cc(C(F)(F)F)cc(C(F)(F)F)c1)[C@H]2c1ccc(F)cc1. The van der Waals surface area contributed by atoms with E-state index in [2.05, 4.69) is 5.32 Å². The molecule has 40 heavy (non-hydrogen) atoms. The molecule has 214 valence electrons. The molecule has 0 unspecified atom stereocenters. The molecule has 1 aliphatic carbocycles. The largest absolute Gasteiger partial charge is 0.416 e. The Hall–Kier alpha value is -3.67. The second-order valence-corrected chi connectivity index (χ2v) is 9.67. The number of fused-ring (bicyclic) bond motifs is 1. The summed E-state index contributed by atoms with van der Waals surface area (Å²) in [7, 11) is 0. The molecule has 4 rings (SSSR count). The summed E-state index contributed by atoms with van der Waals surface area (Å²) in [5, 5.41) is 13.5. The molecule has 1 heterocycles. The van der Waals surface area contributed by atoms with E-state index in [-0.39, 0.29) is 36.9 Å². The van der Waals surface area contributed by atoms with E-state index in [0.717, 1.165) is 4.73 Å². The van der Waals surface area contributed by atoms with E-state index in [9.17, 15) is 40.7 Å². The summed E-state index contributed by atoms with van der Waals surface area (Å²) in [5.41, 5.74) is -1.13. The minimum absolute atomic E-state index is 0.0500. The number of alkyl halides is 6. The van der Waals surface area contributed by atoms with E-state index in [1.165, 1.54) is 38.1 Å². The first kappa shape index (κ1) is 29.3. The normalized spacial score (nSPS) is 18.2. The highest BCUT2D eigenvalue weighted by molar-refractivity contribution is 5.72. The quantitative estimate of drug-likeness (QED) is 0.209. The number of pyridine rings is 1. The summed E-state index contributed by atoms with van der Waals surface area (Å²) in [6, 6.07) is 10.1. The zero-order valence-corrected chi connectivity index (χ0v) is 21.4. The Bertz CT molecular complexity index is 1360. The van der Waals surface area contributed by atoms with Crippen molar-refractivity contribution in [2.45, 2.75) is 63.7 Å². The van der Waals surface area contributed by atoms with Crippen molar-refractivity contribution >= 4 is 5.91 Å². The Morgan fingerprint density at radius 3 is 2.17 bits per heavy atom.